The van der Waals surface area contributed by atoms with Crippen LogP contribution in [0.5, 0.6) is 0 Å². The van der Waals surface area contributed by atoms with E-state index in [1.54, 1.807) is 49.2 Å². The highest BCUT2D eigenvalue weighted by molar-refractivity contribution is 5.93. The summed E-state index contributed by atoms with van der Waals surface area (Å²) in [6.07, 6.45) is 1.97. The van der Waals surface area contributed by atoms with Gasteiger partial charge in [0.2, 0.25) is 0 Å². The van der Waals surface area contributed by atoms with Gasteiger partial charge in [0.1, 0.15) is 17.3 Å². The van der Waals surface area contributed by atoms with E-state index in [1.165, 1.54) is 7.11 Å². The highest BCUT2D eigenvalue weighted by atomic mass is 16.5. The van der Waals surface area contributed by atoms with Gasteiger partial charge >= 0.3 is 5.97 Å². The van der Waals surface area contributed by atoms with Gasteiger partial charge in [0.25, 0.3) is 5.91 Å². The lowest BCUT2D eigenvalue weighted by Crippen LogP contribution is -2.28. The quantitative estimate of drug-likeness (QED) is 0.767. The Morgan fingerprint density at radius 2 is 1.88 bits per heavy atom. The van der Waals surface area contributed by atoms with Crippen molar-refractivity contribution in [2.24, 2.45) is 0 Å². The number of amides is 1. The lowest BCUT2D eigenvalue weighted by Gasteiger charge is -2.17. The number of rotatable bonds is 7. The molecule has 1 aromatic carbocycles. The summed E-state index contributed by atoms with van der Waals surface area (Å²) < 4.78 is 4.68. The Labute approximate surface area is 153 Å². The molecule has 0 bridgehead atoms. The summed E-state index contributed by atoms with van der Waals surface area (Å²) in [4.78, 5) is 34.2. The molecule has 0 spiro atoms. The number of nitrogens with zero attached hydrogens (tertiary/aromatic N) is 3. The highest BCUT2D eigenvalue weighted by Gasteiger charge is 2.15. The summed E-state index contributed by atoms with van der Waals surface area (Å²) in [5.41, 5.74) is 1.56. The van der Waals surface area contributed by atoms with E-state index in [2.05, 4.69) is 26.9 Å². The number of methoxy groups -OCH3 is 1. The smallest absolute Gasteiger partial charge is 0.337 e. The van der Waals surface area contributed by atoms with Crippen molar-refractivity contribution in [3.8, 4) is 0 Å². The number of aryl methyl sites for hydroxylation is 1. The molecule has 7 nitrogen and oxygen atoms in total. The molecule has 0 unspecified atom stereocenters. The first-order valence-corrected chi connectivity index (χ1v) is 8.51. The molecule has 0 aliphatic carbocycles. The second kappa shape index (κ2) is 8.94. The number of esters is 1. The Kier molecular flexibility index (Phi) is 6.66. The fourth-order valence-corrected chi connectivity index (χ4v) is 2.39. The number of unbranched alkanes of at least 4 members (excludes halogenated alkanes) is 1. The average molecular weight is 356 g/mol. The molecule has 1 N–H and O–H groups in total. The van der Waals surface area contributed by atoms with Crippen LogP contribution in [0.15, 0.2) is 30.3 Å². The van der Waals surface area contributed by atoms with Crippen LogP contribution < -0.4 is 5.32 Å². The third-order valence-corrected chi connectivity index (χ3v) is 3.83. The predicted molar refractivity (Wildman–Crippen MR) is 99.7 cm³/mol. The Balaban J connectivity index is 2.16. The summed E-state index contributed by atoms with van der Waals surface area (Å²) in [5.74, 6) is 0.509. The van der Waals surface area contributed by atoms with Gasteiger partial charge in [-0.05, 0) is 37.6 Å². The largest absolute Gasteiger partial charge is 0.465 e. The van der Waals surface area contributed by atoms with Crippen molar-refractivity contribution in [3.63, 3.8) is 0 Å². The standard InChI is InChI=1S/C19H24N4O3/c1-5-6-11-23(3)18(24)16-12-17(21-13(2)20-16)22-15-9-7-14(8-10-15)19(25)26-4/h7-10,12H,5-6,11H2,1-4H3,(H,20,21,22). The van der Waals surface area contributed by atoms with Gasteiger partial charge < -0.3 is 15.0 Å². The molecule has 1 aromatic heterocycles. The van der Waals surface area contributed by atoms with Crippen LogP contribution in [0.4, 0.5) is 11.5 Å². The number of nitrogens with one attached hydrogen (secondary N) is 1. The number of benzene rings is 1. The molecular formula is C19H24N4O3. The van der Waals surface area contributed by atoms with Crippen molar-refractivity contribution in [1.29, 1.82) is 0 Å². The van der Waals surface area contributed by atoms with Crippen LogP contribution in [0, 0.1) is 6.92 Å². The number of hydrogen-bond acceptors (Lipinski definition) is 6. The lowest BCUT2D eigenvalue weighted by atomic mass is 10.2. The minimum Gasteiger partial charge on any atom is -0.465 e. The summed E-state index contributed by atoms with van der Waals surface area (Å²) in [7, 11) is 3.11. The average Bonchev–Trinajstić information content (AvgIpc) is 2.65. The third kappa shape index (κ3) is 5.02. The first-order chi connectivity index (χ1) is 12.4. The summed E-state index contributed by atoms with van der Waals surface area (Å²) in [6, 6.07) is 8.45. The normalized spacial score (nSPS) is 10.3. The van der Waals surface area contributed by atoms with Crippen molar-refractivity contribution in [2.75, 3.05) is 26.0 Å². The second-order valence-electron chi connectivity index (χ2n) is 5.96. The van der Waals surface area contributed by atoms with Crippen molar-refractivity contribution in [2.45, 2.75) is 26.7 Å². The van der Waals surface area contributed by atoms with Crippen LogP contribution in [0.25, 0.3) is 0 Å². The van der Waals surface area contributed by atoms with E-state index in [0.717, 1.165) is 18.5 Å². The molecule has 2 rings (SSSR count). The molecule has 0 fully saturated rings. The molecule has 0 aliphatic heterocycles. The predicted octanol–water partition coefficient (Wildman–Crippen LogP) is 3.19. The summed E-state index contributed by atoms with van der Waals surface area (Å²) in [5, 5.41) is 3.13. The molecule has 138 valence electrons. The molecule has 0 saturated carbocycles. The fourth-order valence-electron chi connectivity index (χ4n) is 2.39. The van der Waals surface area contributed by atoms with Gasteiger partial charge in [0, 0.05) is 25.3 Å². The zero-order chi connectivity index (χ0) is 19.1. The minimum atomic E-state index is -0.391. The topological polar surface area (TPSA) is 84.4 Å². The van der Waals surface area contributed by atoms with Crippen molar-refractivity contribution < 1.29 is 14.3 Å². The number of hydrogen-bond donors (Lipinski definition) is 1. The Hall–Kier alpha value is -2.96. The number of carbonyl (C=O) groups is 2. The molecule has 1 amide bonds. The van der Waals surface area contributed by atoms with Gasteiger partial charge in [0.05, 0.1) is 12.7 Å². The molecular weight excluding hydrogens is 332 g/mol. The van der Waals surface area contributed by atoms with E-state index < -0.39 is 5.97 Å². The maximum atomic E-state index is 12.5. The van der Waals surface area contributed by atoms with Gasteiger partial charge in [0.15, 0.2) is 0 Å². The number of aromatic nitrogens is 2. The fraction of sp³-hybridized carbons (Fsp3) is 0.368. The molecule has 7 heteroatoms. The molecule has 2 aromatic rings. The molecule has 0 atom stereocenters. The van der Waals surface area contributed by atoms with Crippen LogP contribution in [0.3, 0.4) is 0 Å². The first-order valence-electron chi connectivity index (χ1n) is 8.51. The third-order valence-electron chi connectivity index (χ3n) is 3.83. The summed E-state index contributed by atoms with van der Waals surface area (Å²) >= 11 is 0. The molecule has 0 radical (unpaired) electrons. The van der Waals surface area contributed by atoms with Crippen LogP contribution in [0.2, 0.25) is 0 Å². The Morgan fingerprint density at radius 3 is 2.50 bits per heavy atom. The zero-order valence-electron chi connectivity index (χ0n) is 15.6. The van der Waals surface area contributed by atoms with Crippen molar-refractivity contribution in [3.05, 3.63) is 47.4 Å². The van der Waals surface area contributed by atoms with E-state index in [9.17, 15) is 9.59 Å². The van der Waals surface area contributed by atoms with Crippen molar-refractivity contribution >= 4 is 23.4 Å². The maximum absolute atomic E-state index is 12.5. The van der Waals surface area contributed by atoms with E-state index in [-0.39, 0.29) is 5.91 Å². The number of ether oxygens (including phenoxy) is 1. The van der Waals surface area contributed by atoms with E-state index in [1.807, 2.05) is 0 Å². The van der Waals surface area contributed by atoms with Crippen LogP contribution in [0.1, 0.15) is 46.4 Å². The summed E-state index contributed by atoms with van der Waals surface area (Å²) in [6.45, 7) is 4.52. The molecule has 26 heavy (non-hydrogen) atoms. The van der Waals surface area contributed by atoms with Gasteiger partial charge in [-0.25, -0.2) is 14.8 Å². The van der Waals surface area contributed by atoms with Crippen molar-refractivity contribution in [1.82, 2.24) is 14.9 Å². The van der Waals surface area contributed by atoms with Gasteiger partial charge in [-0.3, -0.25) is 4.79 Å². The van der Waals surface area contributed by atoms with Gasteiger partial charge in [-0.15, -0.1) is 0 Å². The molecule has 0 saturated heterocycles. The number of carbonyl (C=O) groups excluding carboxylic acids is 2. The SMILES string of the molecule is CCCCN(C)C(=O)c1cc(Nc2ccc(C(=O)OC)cc2)nc(C)n1. The first kappa shape index (κ1) is 19.4. The van der Waals surface area contributed by atoms with Gasteiger partial charge in [-0.1, -0.05) is 13.3 Å². The number of anilines is 2. The Morgan fingerprint density at radius 1 is 1.19 bits per heavy atom. The minimum absolute atomic E-state index is 0.131. The molecule has 0 aliphatic rings. The van der Waals surface area contributed by atoms with E-state index in [0.29, 0.717) is 29.4 Å². The monoisotopic (exact) mass is 356 g/mol. The van der Waals surface area contributed by atoms with Gasteiger partial charge in [-0.2, -0.15) is 0 Å². The Bertz CT molecular complexity index is 775. The zero-order valence-corrected chi connectivity index (χ0v) is 15.6. The highest BCUT2D eigenvalue weighted by Crippen LogP contribution is 2.17. The maximum Gasteiger partial charge on any atom is 0.337 e. The van der Waals surface area contributed by atoms with E-state index in [4.69, 9.17) is 0 Å². The second-order valence-corrected chi connectivity index (χ2v) is 5.96. The lowest BCUT2D eigenvalue weighted by molar-refractivity contribution is 0.0600. The van der Waals surface area contributed by atoms with Crippen LogP contribution in [-0.4, -0.2) is 47.4 Å². The van der Waals surface area contributed by atoms with Crippen LogP contribution in [-0.2, 0) is 4.74 Å². The van der Waals surface area contributed by atoms with Crippen LogP contribution >= 0.6 is 0 Å². The molecule has 1 heterocycles. The van der Waals surface area contributed by atoms with E-state index >= 15 is 0 Å².